The van der Waals surface area contributed by atoms with Crippen LogP contribution in [0.2, 0.25) is 5.02 Å². The molecular formula is C19H11BrClF7O. The summed E-state index contributed by atoms with van der Waals surface area (Å²) in [5.74, 6) is -4.88. The van der Waals surface area contributed by atoms with Gasteiger partial charge in [0.25, 0.3) is 0 Å². The maximum absolute atomic E-state index is 14.5. The van der Waals surface area contributed by atoms with Crippen LogP contribution in [0.3, 0.4) is 0 Å². The molecule has 0 N–H and O–H groups in total. The molecule has 0 aromatic heterocycles. The van der Waals surface area contributed by atoms with Crippen molar-refractivity contribution in [2.45, 2.75) is 25.2 Å². The zero-order valence-electron chi connectivity index (χ0n) is 14.4. The van der Waals surface area contributed by atoms with E-state index in [1.807, 2.05) is 0 Å². The van der Waals surface area contributed by atoms with Crippen LogP contribution in [0.15, 0.2) is 46.9 Å². The first-order chi connectivity index (χ1) is 13.2. The summed E-state index contributed by atoms with van der Waals surface area (Å²) < 4.78 is 94.7. The highest BCUT2D eigenvalue weighted by Gasteiger charge is 2.40. The lowest BCUT2D eigenvalue weighted by atomic mass is 9.95. The molecule has 0 amide bonds. The molecule has 2 rings (SSSR count). The Hall–Kier alpha value is -1.87. The molecule has 0 aliphatic carbocycles. The van der Waals surface area contributed by atoms with Crippen molar-refractivity contribution in [3.8, 4) is 0 Å². The summed E-state index contributed by atoms with van der Waals surface area (Å²) >= 11 is 8.82. The molecule has 0 fully saturated rings. The Kier molecular flexibility index (Phi) is 6.84. The van der Waals surface area contributed by atoms with Gasteiger partial charge in [-0.25, -0.2) is 4.39 Å². The summed E-state index contributed by atoms with van der Waals surface area (Å²) in [6.45, 7) is 0.896. The Morgan fingerprint density at radius 2 is 1.69 bits per heavy atom. The second-order valence-electron chi connectivity index (χ2n) is 6.02. The number of allylic oxidation sites excluding steroid dienone is 1. The fraction of sp³-hybridized carbons (Fsp3) is 0.211. The van der Waals surface area contributed by atoms with Gasteiger partial charge in [-0.2, -0.15) is 26.3 Å². The van der Waals surface area contributed by atoms with Crippen LogP contribution in [0.5, 0.6) is 0 Å². The van der Waals surface area contributed by atoms with Crippen LogP contribution < -0.4 is 0 Å². The molecule has 2 aromatic rings. The summed E-state index contributed by atoms with van der Waals surface area (Å²) in [6.07, 6.45) is -9.75. The van der Waals surface area contributed by atoms with Crippen molar-refractivity contribution in [2.24, 2.45) is 0 Å². The third-order valence-electron chi connectivity index (χ3n) is 3.95. The molecule has 1 nitrogen and oxygen atoms in total. The molecule has 1 atom stereocenters. The van der Waals surface area contributed by atoms with Crippen LogP contribution in [0, 0.1) is 0 Å². The van der Waals surface area contributed by atoms with Crippen LogP contribution in [0.1, 0.15) is 39.9 Å². The van der Waals surface area contributed by atoms with Gasteiger partial charge in [0.05, 0.1) is 10.6 Å². The van der Waals surface area contributed by atoms with Gasteiger partial charge in [0.15, 0.2) is 5.78 Å². The van der Waals surface area contributed by atoms with Crippen molar-refractivity contribution in [3.05, 3.63) is 74.2 Å². The van der Waals surface area contributed by atoms with E-state index in [9.17, 15) is 35.5 Å². The fourth-order valence-electron chi connectivity index (χ4n) is 2.56. The van der Waals surface area contributed by atoms with Gasteiger partial charge in [0.2, 0.25) is 0 Å². The summed E-state index contributed by atoms with van der Waals surface area (Å²) in [5, 5.41) is -0.0456. The number of rotatable bonds is 4. The number of hydrogen-bond donors (Lipinski definition) is 0. The molecule has 0 bridgehead atoms. The Bertz CT molecular complexity index is 964. The minimum absolute atomic E-state index is 0.0456. The number of alkyl halides is 6. The van der Waals surface area contributed by atoms with Gasteiger partial charge in [-0.1, -0.05) is 29.8 Å². The van der Waals surface area contributed by atoms with E-state index in [0.717, 1.165) is 31.2 Å². The second-order valence-corrected chi connectivity index (χ2v) is 7.28. The molecule has 0 heterocycles. The highest BCUT2D eigenvalue weighted by atomic mass is 79.9. The zero-order chi connectivity index (χ0) is 22.1. The van der Waals surface area contributed by atoms with E-state index >= 15 is 0 Å². The predicted molar refractivity (Wildman–Crippen MR) is 98.5 cm³/mol. The van der Waals surface area contributed by atoms with E-state index in [1.165, 1.54) is 6.07 Å². The van der Waals surface area contributed by atoms with Gasteiger partial charge in [-0.15, -0.1) is 0 Å². The molecule has 0 aliphatic heterocycles. The quantitative estimate of drug-likeness (QED) is 0.305. The maximum atomic E-state index is 14.5. The van der Waals surface area contributed by atoms with E-state index in [2.05, 4.69) is 15.9 Å². The van der Waals surface area contributed by atoms with Crippen LogP contribution in [0.4, 0.5) is 30.7 Å². The average molecular weight is 504 g/mol. The molecule has 0 spiro atoms. The second kappa shape index (κ2) is 8.47. The largest absolute Gasteiger partial charge is 0.417 e. The standard InChI is InChI=1S/C19H11BrClF7O/c1-9(29)12-4-2-11(6-14(12)19(26,27)28)17(22)8-13(18(23,24)25)10-3-5-15(20)16(21)7-10/h2-8,13H,1H3/b17-8-. The smallest absolute Gasteiger partial charge is 0.294 e. The first-order valence-electron chi connectivity index (χ1n) is 7.83. The Morgan fingerprint density at radius 3 is 2.17 bits per heavy atom. The number of hydrogen-bond acceptors (Lipinski definition) is 1. The Labute approximate surface area is 174 Å². The summed E-state index contributed by atoms with van der Waals surface area (Å²) in [5.41, 5.74) is -3.26. The van der Waals surface area contributed by atoms with Crippen molar-refractivity contribution in [3.63, 3.8) is 0 Å². The van der Waals surface area contributed by atoms with Gasteiger partial charge in [0, 0.05) is 15.6 Å². The van der Waals surface area contributed by atoms with Crippen LogP contribution in [-0.2, 0) is 6.18 Å². The zero-order valence-corrected chi connectivity index (χ0v) is 16.8. The van der Waals surface area contributed by atoms with Crippen molar-refractivity contribution < 1.29 is 35.5 Å². The van der Waals surface area contributed by atoms with E-state index in [1.54, 1.807) is 0 Å². The molecule has 0 radical (unpaired) electrons. The fourth-order valence-corrected chi connectivity index (χ4v) is 3.00. The number of ketones is 1. The van der Waals surface area contributed by atoms with Crippen LogP contribution in [0.25, 0.3) is 5.83 Å². The van der Waals surface area contributed by atoms with Gasteiger partial charge in [-0.05, 0) is 52.7 Å². The third kappa shape index (κ3) is 5.60. The lowest BCUT2D eigenvalue weighted by molar-refractivity contribution is -0.140. The molecule has 1 unspecified atom stereocenters. The van der Waals surface area contributed by atoms with Gasteiger partial charge in [0.1, 0.15) is 11.7 Å². The number of carbonyl (C=O) groups excluding carboxylic acids is 1. The van der Waals surface area contributed by atoms with Crippen molar-refractivity contribution >= 4 is 39.1 Å². The molecule has 10 heteroatoms. The first-order valence-corrected chi connectivity index (χ1v) is 9.00. The van der Waals surface area contributed by atoms with Gasteiger partial charge in [-0.3, -0.25) is 4.79 Å². The van der Waals surface area contributed by atoms with Gasteiger partial charge >= 0.3 is 12.4 Å². The minimum atomic E-state index is -4.99. The maximum Gasteiger partial charge on any atom is 0.417 e. The number of benzene rings is 2. The highest BCUT2D eigenvalue weighted by molar-refractivity contribution is 9.10. The van der Waals surface area contributed by atoms with E-state index in [4.69, 9.17) is 11.6 Å². The molecular weight excluding hydrogens is 493 g/mol. The lowest BCUT2D eigenvalue weighted by Crippen LogP contribution is -2.19. The average Bonchev–Trinajstić information content (AvgIpc) is 2.59. The van der Waals surface area contributed by atoms with Crippen molar-refractivity contribution in [1.29, 1.82) is 0 Å². The number of Topliss-reactive ketones (excluding diaryl/α,β-unsaturated/α-hetero) is 1. The van der Waals surface area contributed by atoms with E-state index in [0.29, 0.717) is 10.5 Å². The summed E-state index contributed by atoms with van der Waals surface area (Å²) in [6, 6.07) is 5.15. The lowest BCUT2D eigenvalue weighted by Gasteiger charge is -2.18. The third-order valence-corrected chi connectivity index (χ3v) is 5.18. The molecule has 156 valence electrons. The van der Waals surface area contributed by atoms with Crippen LogP contribution in [-0.4, -0.2) is 12.0 Å². The van der Waals surface area contributed by atoms with Gasteiger partial charge < -0.3 is 0 Å². The van der Waals surface area contributed by atoms with Crippen LogP contribution >= 0.6 is 27.5 Å². The van der Waals surface area contributed by atoms with Crippen molar-refractivity contribution in [2.75, 3.05) is 0 Å². The Morgan fingerprint density at radius 1 is 1.07 bits per heavy atom. The molecule has 0 aliphatic rings. The molecule has 0 saturated heterocycles. The predicted octanol–water partition coefficient (Wildman–Crippen LogP) is 7.98. The monoisotopic (exact) mass is 502 g/mol. The molecule has 2 aromatic carbocycles. The number of halogens is 9. The normalized spacial score (nSPS) is 14.1. The molecule has 29 heavy (non-hydrogen) atoms. The minimum Gasteiger partial charge on any atom is -0.294 e. The summed E-state index contributed by atoms with van der Waals surface area (Å²) in [4.78, 5) is 11.4. The number of carbonyl (C=O) groups is 1. The highest BCUT2D eigenvalue weighted by Crippen LogP contribution is 2.41. The summed E-state index contributed by atoms with van der Waals surface area (Å²) in [7, 11) is 0. The van der Waals surface area contributed by atoms with E-state index < -0.39 is 52.1 Å². The Balaban J connectivity index is 2.58. The SMILES string of the molecule is CC(=O)c1ccc(/C(F)=C/C(c2ccc(Br)c(Cl)c2)C(F)(F)F)cc1C(F)(F)F. The first kappa shape index (κ1) is 23.4. The topological polar surface area (TPSA) is 17.1 Å². The van der Waals surface area contributed by atoms with E-state index in [-0.39, 0.29) is 11.1 Å². The van der Waals surface area contributed by atoms with Crippen molar-refractivity contribution in [1.82, 2.24) is 0 Å². The molecule has 0 saturated carbocycles.